The predicted molar refractivity (Wildman–Crippen MR) is 88.1 cm³/mol. The van der Waals surface area contributed by atoms with Gasteiger partial charge in [0.1, 0.15) is 0 Å². The fourth-order valence-corrected chi connectivity index (χ4v) is 5.06. The summed E-state index contributed by atoms with van der Waals surface area (Å²) >= 11 is 1.86. The lowest BCUT2D eigenvalue weighted by molar-refractivity contribution is 0.552. The van der Waals surface area contributed by atoms with E-state index in [1.807, 2.05) is 30.3 Å². The highest BCUT2D eigenvalue weighted by atomic mass is 32.2. The van der Waals surface area contributed by atoms with Crippen molar-refractivity contribution in [3.63, 3.8) is 0 Å². The van der Waals surface area contributed by atoms with Crippen molar-refractivity contribution in [3.8, 4) is 0 Å². The molecule has 1 aromatic rings. The lowest BCUT2D eigenvalue weighted by Crippen LogP contribution is -2.36. The maximum atomic E-state index is 12.4. The van der Waals surface area contributed by atoms with Gasteiger partial charge in [0.2, 0.25) is 10.0 Å². The molecule has 2 heterocycles. The zero-order chi connectivity index (χ0) is 15.5. The van der Waals surface area contributed by atoms with Crippen molar-refractivity contribution in [2.75, 3.05) is 18.8 Å². The lowest BCUT2D eigenvalue weighted by atomic mass is 10.1. The Balaban J connectivity index is 2.05. The van der Waals surface area contributed by atoms with Crippen molar-refractivity contribution >= 4 is 21.8 Å². The molecule has 0 amide bonds. The molecule has 5 nitrogen and oxygen atoms in total. The fourth-order valence-electron chi connectivity index (χ4n) is 2.46. The van der Waals surface area contributed by atoms with E-state index in [1.54, 1.807) is 12.3 Å². The normalized spacial score (nSPS) is 22.8. The molecule has 2 rings (SSSR count). The van der Waals surface area contributed by atoms with Crippen molar-refractivity contribution in [1.82, 2.24) is 14.6 Å². The molecule has 1 fully saturated rings. The second kappa shape index (κ2) is 6.73. The maximum absolute atomic E-state index is 12.4. The molecule has 0 aromatic carbocycles. The summed E-state index contributed by atoms with van der Waals surface area (Å²) in [4.78, 5) is 0.351. The van der Waals surface area contributed by atoms with Gasteiger partial charge in [-0.1, -0.05) is 6.92 Å². The van der Waals surface area contributed by atoms with Gasteiger partial charge in [0.25, 0.3) is 0 Å². The van der Waals surface area contributed by atoms with Crippen LogP contribution in [0, 0.1) is 0 Å². The first kappa shape index (κ1) is 16.9. The summed E-state index contributed by atoms with van der Waals surface area (Å²) in [7, 11) is -1.55. The monoisotopic (exact) mass is 331 g/mol. The van der Waals surface area contributed by atoms with Gasteiger partial charge < -0.3 is 9.88 Å². The number of sulfonamides is 1. The van der Waals surface area contributed by atoms with E-state index in [2.05, 4.69) is 17.0 Å². The number of hydrogen-bond acceptors (Lipinski definition) is 4. The Labute approximate surface area is 131 Å². The van der Waals surface area contributed by atoms with E-state index in [4.69, 9.17) is 0 Å². The molecule has 1 aromatic heterocycles. The number of aromatic nitrogens is 1. The molecule has 7 heteroatoms. The third-order valence-electron chi connectivity index (χ3n) is 3.89. The minimum Gasteiger partial charge on any atom is -0.352 e. The van der Waals surface area contributed by atoms with Crippen molar-refractivity contribution in [2.45, 2.75) is 42.9 Å². The third-order valence-corrected chi connectivity index (χ3v) is 6.79. The molecular weight excluding hydrogens is 306 g/mol. The molecule has 1 aliphatic heterocycles. The highest BCUT2D eigenvalue weighted by Gasteiger charge is 2.31. The van der Waals surface area contributed by atoms with Crippen LogP contribution in [0.4, 0.5) is 0 Å². The second-order valence-electron chi connectivity index (χ2n) is 5.78. The Hall–Kier alpha value is -0.500. The maximum Gasteiger partial charge on any atom is 0.242 e. The van der Waals surface area contributed by atoms with E-state index >= 15 is 0 Å². The van der Waals surface area contributed by atoms with E-state index in [9.17, 15) is 8.42 Å². The van der Waals surface area contributed by atoms with E-state index in [1.165, 1.54) is 6.42 Å². The molecule has 21 heavy (non-hydrogen) atoms. The third kappa shape index (κ3) is 4.25. The highest BCUT2D eigenvalue weighted by Crippen LogP contribution is 2.37. The number of aryl methyl sites for hydroxylation is 1. The van der Waals surface area contributed by atoms with E-state index in [0.717, 1.165) is 24.4 Å². The summed E-state index contributed by atoms with van der Waals surface area (Å²) < 4.78 is 29.5. The van der Waals surface area contributed by atoms with Crippen LogP contribution in [0.5, 0.6) is 0 Å². The molecule has 0 saturated carbocycles. The minimum atomic E-state index is -3.42. The van der Waals surface area contributed by atoms with Gasteiger partial charge in [-0.15, -0.1) is 0 Å². The number of nitrogens with zero attached hydrogens (tertiary/aromatic N) is 1. The van der Waals surface area contributed by atoms with Crippen molar-refractivity contribution in [1.29, 1.82) is 0 Å². The van der Waals surface area contributed by atoms with Gasteiger partial charge in [0.05, 0.1) is 4.90 Å². The molecule has 2 N–H and O–H groups in total. The van der Waals surface area contributed by atoms with E-state index in [0.29, 0.717) is 18.0 Å². The van der Waals surface area contributed by atoms with Gasteiger partial charge in [0.15, 0.2) is 0 Å². The van der Waals surface area contributed by atoms with E-state index in [-0.39, 0.29) is 4.75 Å². The standard InChI is InChI=1S/C14H25N3O2S2/c1-4-15-9-12-8-13(10-17(12)3)21(18,19)16-11-14(2)6-5-7-20-14/h8,10,15-16H,4-7,9,11H2,1-3H3. The Morgan fingerprint density at radius 3 is 2.86 bits per heavy atom. The Kier molecular flexibility index (Phi) is 5.40. The summed E-state index contributed by atoms with van der Waals surface area (Å²) in [5, 5.41) is 3.21. The second-order valence-corrected chi connectivity index (χ2v) is 9.23. The number of nitrogens with one attached hydrogen (secondary N) is 2. The Bertz CT molecular complexity index is 575. The zero-order valence-corrected chi connectivity index (χ0v) is 14.6. The molecule has 1 unspecified atom stereocenters. The first-order valence-corrected chi connectivity index (χ1v) is 9.83. The van der Waals surface area contributed by atoms with Gasteiger partial charge in [-0.3, -0.25) is 0 Å². The molecule has 1 saturated heterocycles. The number of thioether (sulfide) groups is 1. The van der Waals surface area contributed by atoms with Gasteiger partial charge >= 0.3 is 0 Å². The zero-order valence-electron chi connectivity index (χ0n) is 13.0. The van der Waals surface area contributed by atoms with Crippen LogP contribution in [0.2, 0.25) is 0 Å². The summed E-state index contributed by atoms with van der Waals surface area (Å²) in [5.41, 5.74) is 0.971. The van der Waals surface area contributed by atoms with Gasteiger partial charge in [-0.05, 0) is 38.1 Å². The average Bonchev–Trinajstić information content (AvgIpc) is 3.02. The number of hydrogen-bond donors (Lipinski definition) is 2. The number of rotatable bonds is 7. The van der Waals surface area contributed by atoms with E-state index < -0.39 is 10.0 Å². The summed E-state index contributed by atoms with van der Waals surface area (Å²) in [6, 6.07) is 1.75. The lowest BCUT2D eigenvalue weighted by Gasteiger charge is -2.22. The molecule has 0 spiro atoms. The summed E-state index contributed by atoms with van der Waals surface area (Å²) in [6.45, 7) is 6.20. The van der Waals surface area contributed by atoms with Crippen LogP contribution in [0.3, 0.4) is 0 Å². The van der Waals surface area contributed by atoms with Gasteiger partial charge in [-0.25, -0.2) is 13.1 Å². The van der Waals surface area contributed by atoms with Crippen LogP contribution in [-0.2, 0) is 23.6 Å². The Morgan fingerprint density at radius 1 is 1.48 bits per heavy atom. The smallest absolute Gasteiger partial charge is 0.242 e. The first-order valence-electron chi connectivity index (χ1n) is 7.36. The van der Waals surface area contributed by atoms with Crippen LogP contribution in [-0.4, -0.2) is 36.6 Å². The van der Waals surface area contributed by atoms with Crippen LogP contribution in [0.1, 0.15) is 32.4 Å². The van der Waals surface area contributed by atoms with Crippen molar-refractivity contribution in [2.24, 2.45) is 7.05 Å². The van der Waals surface area contributed by atoms with Crippen LogP contribution < -0.4 is 10.0 Å². The average molecular weight is 332 g/mol. The first-order chi connectivity index (χ1) is 9.86. The van der Waals surface area contributed by atoms with Crippen LogP contribution >= 0.6 is 11.8 Å². The van der Waals surface area contributed by atoms with Crippen molar-refractivity contribution < 1.29 is 8.42 Å². The molecule has 120 valence electrons. The molecule has 0 radical (unpaired) electrons. The van der Waals surface area contributed by atoms with Crippen LogP contribution in [0.25, 0.3) is 0 Å². The molecule has 1 atom stereocenters. The minimum absolute atomic E-state index is 0.0362. The molecular formula is C14H25N3O2S2. The van der Waals surface area contributed by atoms with Crippen LogP contribution in [0.15, 0.2) is 17.2 Å². The summed E-state index contributed by atoms with van der Waals surface area (Å²) in [5.74, 6) is 1.12. The summed E-state index contributed by atoms with van der Waals surface area (Å²) in [6.07, 6.45) is 3.92. The predicted octanol–water partition coefficient (Wildman–Crippen LogP) is 1.70. The van der Waals surface area contributed by atoms with Gasteiger partial charge in [0, 0.05) is 36.8 Å². The topological polar surface area (TPSA) is 63.1 Å². The Morgan fingerprint density at radius 2 is 2.24 bits per heavy atom. The highest BCUT2D eigenvalue weighted by molar-refractivity contribution is 8.01. The SMILES string of the molecule is CCNCc1cc(S(=O)(=O)NCC2(C)CCCS2)cn1C. The molecule has 0 bridgehead atoms. The molecule has 0 aliphatic carbocycles. The molecule has 1 aliphatic rings. The quantitative estimate of drug-likeness (QED) is 0.798. The fraction of sp³-hybridized carbons (Fsp3) is 0.714. The largest absolute Gasteiger partial charge is 0.352 e. The van der Waals surface area contributed by atoms with Crippen molar-refractivity contribution in [3.05, 3.63) is 18.0 Å². The van der Waals surface area contributed by atoms with Gasteiger partial charge in [-0.2, -0.15) is 11.8 Å².